The Kier molecular flexibility index (Phi) is 3.35. The van der Waals surface area contributed by atoms with Gasteiger partial charge in [-0.05, 0) is 0 Å². The highest BCUT2D eigenvalue weighted by Gasteiger charge is 2.44. The quantitative estimate of drug-likeness (QED) is 0.698. The Morgan fingerprint density at radius 1 is 1.64 bits per heavy atom. The lowest BCUT2D eigenvalue weighted by Gasteiger charge is -2.15. The van der Waals surface area contributed by atoms with Crippen molar-refractivity contribution in [2.45, 2.75) is 31.9 Å². The van der Waals surface area contributed by atoms with E-state index in [4.69, 9.17) is 5.11 Å². The Hall–Kier alpha value is -0.740. The van der Waals surface area contributed by atoms with Crippen molar-refractivity contribution in [2.75, 3.05) is 0 Å². The molecule has 0 aromatic rings. The van der Waals surface area contributed by atoms with Crippen LogP contribution in [0.2, 0.25) is 0 Å². The molecular formula is C6H9F3O2. The summed E-state index contributed by atoms with van der Waals surface area (Å²) in [4.78, 5) is 9.77. The highest BCUT2D eigenvalue weighted by molar-refractivity contribution is 5.73. The number of hydrogen-bond acceptors (Lipinski definition) is 1. The van der Waals surface area contributed by atoms with Gasteiger partial charge in [-0.3, -0.25) is 0 Å². The smallest absolute Gasteiger partial charge is 0.344 e. The molecule has 0 aliphatic rings. The zero-order chi connectivity index (χ0) is 9.07. The van der Waals surface area contributed by atoms with Gasteiger partial charge in [0.1, 0.15) is 0 Å². The summed E-state index contributed by atoms with van der Waals surface area (Å²) in [5, 5.41) is 7.89. The summed E-state index contributed by atoms with van der Waals surface area (Å²) in [5.74, 6) is -5.84. The van der Waals surface area contributed by atoms with Crippen LogP contribution in [0.5, 0.6) is 0 Å². The van der Waals surface area contributed by atoms with Crippen molar-refractivity contribution < 1.29 is 23.1 Å². The lowest BCUT2D eigenvalue weighted by Crippen LogP contribution is -2.36. The highest BCUT2D eigenvalue weighted by Crippen LogP contribution is 2.26. The molecule has 0 amide bonds. The van der Waals surface area contributed by atoms with Crippen molar-refractivity contribution in [3.05, 3.63) is 0 Å². The van der Waals surface area contributed by atoms with E-state index < -0.39 is 24.5 Å². The van der Waals surface area contributed by atoms with E-state index in [-0.39, 0.29) is 6.42 Å². The summed E-state index contributed by atoms with van der Waals surface area (Å²) in [6.45, 7) is 1.43. The zero-order valence-electron chi connectivity index (χ0n) is 5.98. The van der Waals surface area contributed by atoms with Crippen molar-refractivity contribution >= 4 is 5.97 Å². The third-order valence-electron chi connectivity index (χ3n) is 1.17. The van der Waals surface area contributed by atoms with Crippen molar-refractivity contribution in [1.82, 2.24) is 0 Å². The molecule has 0 aliphatic heterocycles. The molecule has 0 aliphatic carbocycles. The molecule has 2 nitrogen and oxygen atoms in total. The SMILES string of the molecule is CCCC(F)(F)C(F)C(=O)O. The first kappa shape index (κ1) is 10.3. The summed E-state index contributed by atoms with van der Waals surface area (Å²) in [6.07, 6.45) is -3.76. The van der Waals surface area contributed by atoms with Crippen molar-refractivity contribution in [3.8, 4) is 0 Å². The van der Waals surface area contributed by atoms with Crippen LogP contribution in [0.1, 0.15) is 19.8 Å². The van der Waals surface area contributed by atoms with Crippen LogP contribution < -0.4 is 0 Å². The van der Waals surface area contributed by atoms with Gasteiger partial charge in [0.15, 0.2) is 0 Å². The molecule has 1 unspecified atom stereocenters. The van der Waals surface area contributed by atoms with Crippen LogP contribution in [-0.4, -0.2) is 23.2 Å². The predicted molar refractivity (Wildman–Crippen MR) is 32.4 cm³/mol. The van der Waals surface area contributed by atoms with Crippen LogP contribution in [0.4, 0.5) is 13.2 Å². The minimum atomic E-state index is -3.74. The Labute approximate surface area is 62.0 Å². The molecule has 0 fully saturated rings. The van der Waals surface area contributed by atoms with Gasteiger partial charge >= 0.3 is 5.97 Å². The Morgan fingerprint density at radius 3 is 2.36 bits per heavy atom. The van der Waals surface area contributed by atoms with Crippen molar-refractivity contribution in [2.24, 2.45) is 0 Å². The number of alkyl halides is 3. The van der Waals surface area contributed by atoms with E-state index in [1.165, 1.54) is 6.92 Å². The molecule has 11 heavy (non-hydrogen) atoms. The average molecular weight is 170 g/mol. The average Bonchev–Trinajstić information content (AvgIpc) is 1.86. The second-order valence-corrected chi connectivity index (χ2v) is 2.21. The molecule has 0 saturated carbocycles. The molecule has 0 heterocycles. The molecule has 0 spiro atoms. The topological polar surface area (TPSA) is 37.3 Å². The third-order valence-corrected chi connectivity index (χ3v) is 1.17. The number of carbonyl (C=O) groups is 1. The lowest BCUT2D eigenvalue weighted by molar-refractivity contribution is -0.160. The first-order chi connectivity index (χ1) is 4.91. The van der Waals surface area contributed by atoms with Gasteiger partial charge in [-0.1, -0.05) is 13.3 Å². The number of hydrogen-bond donors (Lipinski definition) is 1. The number of halogens is 3. The van der Waals surface area contributed by atoms with Crippen LogP contribution in [0.25, 0.3) is 0 Å². The molecule has 5 heteroatoms. The maximum atomic E-state index is 12.3. The Morgan fingerprint density at radius 2 is 2.09 bits per heavy atom. The van der Waals surface area contributed by atoms with E-state index in [9.17, 15) is 18.0 Å². The van der Waals surface area contributed by atoms with Gasteiger partial charge in [-0.2, -0.15) is 0 Å². The number of rotatable bonds is 4. The van der Waals surface area contributed by atoms with Gasteiger partial charge in [0.25, 0.3) is 12.1 Å². The second-order valence-electron chi connectivity index (χ2n) is 2.21. The molecule has 0 rings (SSSR count). The Balaban J connectivity index is 4.16. The van der Waals surface area contributed by atoms with Crippen LogP contribution >= 0.6 is 0 Å². The zero-order valence-corrected chi connectivity index (χ0v) is 5.98. The van der Waals surface area contributed by atoms with E-state index in [1.807, 2.05) is 0 Å². The molecule has 0 aromatic carbocycles. The summed E-state index contributed by atoms with van der Waals surface area (Å²) < 4.78 is 36.8. The van der Waals surface area contributed by atoms with Gasteiger partial charge < -0.3 is 5.11 Å². The molecule has 1 atom stereocenters. The van der Waals surface area contributed by atoms with Crippen LogP contribution in [0, 0.1) is 0 Å². The fraction of sp³-hybridized carbons (Fsp3) is 0.833. The monoisotopic (exact) mass is 170 g/mol. The number of carboxylic acid groups (broad SMARTS) is 1. The van der Waals surface area contributed by atoms with E-state index in [1.54, 1.807) is 0 Å². The minimum Gasteiger partial charge on any atom is -0.479 e. The van der Waals surface area contributed by atoms with Crippen molar-refractivity contribution in [1.29, 1.82) is 0 Å². The van der Waals surface area contributed by atoms with Crippen molar-refractivity contribution in [3.63, 3.8) is 0 Å². The van der Waals surface area contributed by atoms with Crippen LogP contribution in [-0.2, 0) is 4.79 Å². The van der Waals surface area contributed by atoms with E-state index in [2.05, 4.69) is 0 Å². The molecule has 0 bridgehead atoms. The minimum absolute atomic E-state index is 0.0562. The lowest BCUT2D eigenvalue weighted by atomic mass is 10.1. The van der Waals surface area contributed by atoms with E-state index >= 15 is 0 Å². The standard InChI is InChI=1S/C6H9F3O2/c1-2-3-6(8,9)4(7)5(10)11/h4H,2-3H2,1H3,(H,10,11). The van der Waals surface area contributed by atoms with Gasteiger partial charge in [0.05, 0.1) is 0 Å². The summed E-state index contributed by atoms with van der Waals surface area (Å²) in [5.41, 5.74) is 0. The molecule has 0 radical (unpaired) electrons. The first-order valence-corrected chi connectivity index (χ1v) is 3.16. The fourth-order valence-corrected chi connectivity index (χ4v) is 0.641. The van der Waals surface area contributed by atoms with Gasteiger partial charge in [0.2, 0.25) is 0 Å². The summed E-state index contributed by atoms with van der Waals surface area (Å²) in [6, 6.07) is 0. The molecular weight excluding hydrogens is 161 g/mol. The molecule has 1 N–H and O–H groups in total. The summed E-state index contributed by atoms with van der Waals surface area (Å²) in [7, 11) is 0. The third kappa shape index (κ3) is 2.78. The Bertz CT molecular complexity index is 147. The van der Waals surface area contributed by atoms with Gasteiger partial charge in [-0.15, -0.1) is 0 Å². The largest absolute Gasteiger partial charge is 0.479 e. The van der Waals surface area contributed by atoms with Gasteiger partial charge in [0, 0.05) is 6.42 Å². The molecule has 66 valence electrons. The van der Waals surface area contributed by atoms with E-state index in [0.29, 0.717) is 0 Å². The number of aliphatic carboxylic acids is 1. The molecule has 0 saturated heterocycles. The van der Waals surface area contributed by atoms with Crippen LogP contribution in [0.3, 0.4) is 0 Å². The maximum absolute atomic E-state index is 12.3. The second kappa shape index (κ2) is 3.59. The van der Waals surface area contributed by atoms with Gasteiger partial charge in [-0.25, -0.2) is 18.0 Å². The maximum Gasteiger partial charge on any atom is 0.344 e. The molecule has 0 aromatic heterocycles. The highest BCUT2D eigenvalue weighted by atomic mass is 19.3. The first-order valence-electron chi connectivity index (χ1n) is 3.16. The van der Waals surface area contributed by atoms with E-state index in [0.717, 1.165) is 0 Å². The predicted octanol–water partition coefficient (Wildman–Crippen LogP) is 1.84. The van der Waals surface area contributed by atoms with Crippen LogP contribution in [0.15, 0.2) is 0 Å². The summed E-state index contributed by atoms with van der Waals surface area (Å²) >= 11 is 0. The normalized spacial score (nSPS) is 14.5. The number of carboxylic acids is 1. The fourth-order valence-electron chi connectivity index (χ4n) is 0.641.